The van der Waals surface area contributed by atoms with E-state index in [2.05, 4.69) is 16.0 Å². The van der Waals surface area contributed by atoms with Crippen LogP contribution in [0.25, 0.3) is 10.9 Å². The molecule has 3 rings (SSSR count). The number of hydrogen-bond acceptors (Lipinski definition) is 4. The largest absolute Gasteiger partial charge is 0.369 e. The van der Waals surface area contributed by atoms with Crippen LogP contribution in [-0.4, -0.2) is 24.0 Å². The van der Waals surface area contributed by atoms with Gasteiger partial charge in [-0.3, -0.25) is 9.78 Å². The van der Waals surface area contributed by atoms with Crippen LogP contribution in [0.15, 0.2) is 30.5 Å². The maximum atomic E-state index is 11.3. The second-order valence-electron chi connectivity index (χ2n) is 4.98. The number of nitrogens with zero attached hydrogens (tertiary/aromatic N) is 3. The van der Waals surface area contributed by atoms with E-state index < -0.39 is 0 Å². The van der Waals surface area contributed by atoms with Crippen molar-refractivity contribution in [2.24, 2.45) is 11.7 Å². The van der Waals surface area contributed by atoms with Crippen LogP contribution < -0.4 is 10.6 Å². The number of benzene rings is 1. The Labute approximate surface area is 116 Å². The lowest BCUT2D eigenvalue weighted by atomic mass is 10.1. The van der Waals surface area contributed by atoms with Gasteiger partial charge in [0.15, 0.2) is 0 Å². The van der Waals surface area contributed by atoms with Gasteiger partial charge in [0.05, 0.1) is 22.7 Å². The van der Waals surface area contributed by atoms with Crippen molar-refractivity contribution in [2.45, 2.75) is 6.42 Å². The van der Waals surface area contributed by atoms with Gasteiger partial charge in [-0.25, -0.2) is 0 Å². The van der Waals surface area contributed by atoms with E-state index in [0.717, 1.165) is 29.6 Å². The van der Waals surface area contributed by atoms with E-state index in [9.17, 15) is 10.1 Å². The Hall–Kier alpha value is -2.61. The van der Waals surface area contributed by atoms with Gasteiger partial charge in [-0.05, 0) is 12.5 Å². The third-order valence-corrected chi connectivity index (χ3v) is 3.77. The highest BCUT2D eigenvalue weighted by Crippen LogP contribution is 2.32. The van der Waals surface area contributed by atoms with Crippen molar-refractivity contribution < 1.29 is 4.79 Å². The monoisotopic (exact) mass is 266 g/mol. The number of amides is 1. The van der Waals surface area contributed by atoms with Crippen molar-refractivity contribution in [3.63, 3.8) is 0 Å². The molecule has 0 spiro atoms. The van der Waals surface area contributed by atoms with E-state index in [1.807, 2.05) is 24.3 Å². The molecular formula is C15H14N4O. The number of nitriles is 1. The molecule has 2 aromatic rings. The highest BCUT2D eigenvalue weighted by atomic mass is 16.1. The van der Waals surface area contributed by atoms with Crippen LogP contribution in [0.1, 0.15) is 12.0 Å². The summed E-state index contributed by atoms with van der Waals surface area (Å²) in [6.45, 7) is 1.30. The average Bonchev–Trinajstić information content (AvgIpc) is 2.95. The second-order valence-corrected chi connectivity index (χ2v) is 4.98. The van der Waals surface area contributed by atoms with E-state index >= 15 is 0 Å². The number of nitrogens with two attached hydrogens (primary N) is 1. The molecule has 1 atom stereocenters. The molecule has 2 heterocycles. The van der Waals surface area contributed by atoms with Crippen LogP contribution in [0, 0.1) is 17.2 Å². The lowest BCUT2D eigenvalue weighted by Gasteiger charge is -2.21. The van der Waals surface area contributed by atoms with Gasteiger partial charge in [0.25, 0.3) is 0 Å². The molecule has 0 radical (unpaired) electrons. The first-order valence-corrected chi connectivity index (χ1v) is 6.53. The molecule has 5 heteroatoms. The Morgan fingerprint density at radius 1 is 1.45 bits per heavy atom. The molecule has 0 aliphatic carbocycles. The molecule has 100 valence electrons. The van der Waals surface area contributed by atoms with Gasteiger partial charge < -0.3 is 10.6 Å². The highest BCUT2D eigenvalue weighted by Gasteiger charge is 2.29. The lowest BCUT2D eigenvalue weighted by molar-refractivity contribution is -0.121. The van der Waals surface area contributed by atoms with Crippen LogP contribution in [0.4, 0.5) is 5.69 Å². The molecule has 1 saturated heterocycles. The van der Waals surface area contributed by atoms with Crippen LogP contribution in [0.5, 0.6) is 0 Å². The van der Waals surface area contributed by atoms with Gasteiger partial charge in [0.1, 0.15) is 6.07 Å². The summed E-state index contributed by atoms with van der Waals surface area (Å²) in [5.41, 5.74) is 7.63. The zero-order valence-electron chi connectivity index (χ0n) is 10.9. The summed E-state index contributed by atoms with van der Waals surface area (Å²) in [6, 6.07) is 9.91. The number of aromatic nitrogens is 1. The lowest BCUT2D eigenvalue weighted by Crippen LogP contribution is -2.27. The number of para-hydroxylation sites is 1. The molecule has 1 aromatic carbocycles. The Bertz CT molecular complexity index is 719. The van der Waals surface area contributed by atoms with E-state index in [1.54, 1.807) is 6.20 Å². The highest BCUT2D eigenvalue weighted by molar-refractivity contribution is 5.95. The number of pyridine rings is 1. The van der Waals surface area contributed by atoms with Gasteiger partial charge in [-0.15, -0.1) is 0 Å². The van der Waals surface area contributed by atoms with Crippen molar-refractivity contribution in [1.29, 1.82) is 5.26 Å². The maximum Gasteiger partial charge on any atom is 0.222 e. The summed E-state index contributed by atoms with van der Waals surface area (Å²) >= 11 is 0. The smallest absolute Gasteiger partial charge is 0.222 e. The van der Waals surface area contributed by atoms with E-state index in [4.69, 9.17) is 5.73 Å². The summed E-state index contributed by atoms with van der Waals surface area (Å²) in [7, 11) is 0. The minimum atomic E-state index is -0.274. The van der Waals surface area contributed by atoms with Gasteiger partial charge in [0, 0.05) is 24.7 Å². The fourth-order valence-corrected chi connectivity index (χ4v) is 2.74. The fraction of sp³-hybridized carbons (Fsp3) is 0.267. The van der Waals surface area contributed by atoms with Crippen molar-refractivity contribution in [2.75, 3.05) is 18.0 Å². The molecule has 1 aliphatic rings. The standard InChI is InChI=1S/C15H14N4O/c16-7-11-8-18-13-4-2-1-3-12(13)14(11)19-6-5-10(9-19)15(17)20/h1-4,8,10H,5-6,9H2,(H2,17,20). The van der Waals surface area contributed by atoms with Gasteiger partial charge in [-0.2, -0.15) is 5.26 Å². The first kappa shape index (κ1) is 12.4. The predicted octanol–water partition coefficient (Wildman–Crippen LogP) is 1.42. The number of primary amides is 1. The molecule has 1 amide bonds. The first-order valence-electron chi connectivity index (χ1n) is 6.53. The van der Waals surface area contributed by atoms with Crippen molar-refractivity contribution in [3.05, 3.63) is 36.0 Å². The Morgan fingerprint density at radius 2 is 2.25 bits per heavy atom. The third kappa shape index (κ3) is 1.95. The topological polar surface area (TPSA) is 83.0 Å². The first-order chi connectivity index (χ1) is 9.70. The average molecular weight is 266 g/mol. The van der Waals surface area contributed by atoms with Crippen molar-refractivity contribution >= 4 is 22.5 Å². The summed E-state index contributed by atoms with van der Waals surface area (Å²) in [5, 5.41) is 10.2. The van der Waals surface area contributed by atoms with E-state index in [1.165, 1.54) is 0 Å². The Kier molecular flexibility index (Phi) is 2.99. The molecular weight excluding hydrogens is 252 g/mol. The van der Waals surface area contributed by atoms with Gasteiger partial charge in [0.2, 0.25) is 5.91 Å². The molecule has 5 nitrogen and oxygen atoms in total. The predicted molar refractivity (Wildman–Crippen MR) is 76.0 cm³/mol. The maximum absolute atomic E-state index is 11.3. The number of hydrogen-bond donors (Lipinski definition) is 1. The molecule has 20 heavy (non-hydrogen) atoms. The Morgan fingerprint density at radius 3 is 2.95 bits per heavy atom. The summed E-state index contributed by atoms with van der Waals surface area (Å²) in [6.07, 6.45) is 2.33. The summed E-state index contributed by atoms with van der Waals surface area (Å²) < 4.78 is 0. The third-order valence-electron chi connectivity index (χ3n) is 3.77. The van der Waals surface area contributed by atoms with Crippen molar-refractivity contribution in [3.8, 4) is 6.07 Å². The van der Waals surface area contributed by atoms with E-state index in [-0.39, 0.29) is 11.8 Å². The van der Waals surface area contributed by atoms with Crippen molar-refractivity contribution in [1.82, 2.24) is 4.98 Å². The SMILES string of the molecule is N#Cc1cnc2ccccc2c1N1CCC(C(N)=O)C1. The fourth-order valence-electron chi connectivity index (χ4n) is 2.74. The zero-order chi connectivity index (χ0) is 14.1. The number of rotatable bonds is 2. The summed E-state index contributed by atoms with van der Waals surface area (Å²) in [5.74, 6) is -0.419. The molecule has 1 unspecified atom stereocenters. The minimum Gasteiger partial charge on any atom is -0.369 e. The van der Waals surface area contributed by atoms with E-state index in [0.29, 0.717) is 12.1 Å². The second kappa shape index (κ2) is 4.82. The minimum absolute atomic E-state index is 0.145. The number of carbonyl (C=O) groups excluding carboxylic acids is 1. The number of fused-ring (bicyclic) bond motifs is 1. The normalized spacial score (nSPS) is 18.1. The quantitative estimate of drug-likeness (QED) is 0.891. The van der Waals surface area contributed by atoms with Crippen LogP contribution in [-0.2, 0) is 4.79 Å². The molecule has 0 saturated carbocycles. The van der Waals surface area contributed by atoms with Crippen LogP contribution in [0.2, 0.25) is 0 Å². The van der Waals surface area contributed by atoms with Gasteiger partial charge in [-0.1, -0.05) is 18.2 Å². The summed E-state index contributed by atoms with van der Waals surface area (Å²) in [4.78, 5) is 17.7. The molecule has 1 aromatic heterocycles. The number of anilines is 1. The molecule has 2 N–H and O–H groups in total. The molecule has 1 fully saturated rings. The molecule has 0 bridgehead atoms. The molecule has 1 aliphatic heterocycles. The zero-order valence-corrected chi connectivity index (χ0v) is 10.9. The van der Waals surface area contributed by atoms with Crippen LogP contribution in [0.3, 0.4) is 0 Å². The number of carbonyl (C=O) groups is 1. The van der Waals surface area contributed by atoms with Gasteiger partial charge >= 0.3 is 0 Å². The Balaban J connectivity index is 2.11. The van der Waals surface area contributed by atoms with Crippen LogP contribution >= 0.6 is 0 Å².